The summed E-state index contributed by atoms with van der Waals surface area (Å²) in [6, 6.07) is 8.75. The van der Waals surface area contributed by atoms with Gasteiger partial charge in [-0.15, -0.1) is 0 Å². The van der Waals surface area contributed by atoms with Gasteiger partial charge in [0.25, 0.3) is 0 Å². The Balaban J connectivity index is 2.55. The highest BCUT2D eigenvalue weighted by molar-refractivity contribution is 5.27. The molecule has 0 aliphatic rings. The van der Waals surface area contributed by atoms with Crippen LogP contribution in [0.15, 0.2) is 24.3 Å². The van der Waals surface area contributed by atoms with Crippen molar-refractivity contribution in [3.63, 3.8) is 0 Å². The van der Waals surface area contributed by atoms with E-state index in [1.807, 2.05) is 18.2 Å². The molecule has 1 rings (SSSR count). The van der Waals surface area contributed by atoms with E-state index >= 15 is 0 Å². The summed E-state index contributed by atoms with van der Waals surface area (Å²) in [6.45, 7) is 11.0. The molecule has 0 aliphatic heterocycles. The summed E-state index contributed by atoms with van der Waals surface area (Å²) in [5, 5.41) is 10.4. The smallest absolute Gasteiger partial charge is 0.0804 e. The minimum absolute atomic E-state index is 0.343. The van der Waals surface area contributed by atoms with E-state index in [4.69, 9.17) is 0 Å². The summed E-state index contributed by atoms with van der Waals surface area (Å²) in [6.07, 6.45) is 4.12. The Labute approximate surface area is 124 Å². The van der Waals surface area contributed by atoms with E-state index in [1.165, 1.54) is 24.8 Å². The zero-order valence-corrected chi connectivity index (χ0v) is 13.6. The fourth-order valence-electron chi connectivity index (χ4n) is 2.58. The molecule has 114 valence electrons. The Morgan fingerprint density at radius 3 is 2.45 bits per heavy atom. The second kappa shape index (κ2) is 9.15. The summed E-state index contributed by atoms with van der Waals surface area (Å²) >= 11 is 0. The molecule has 1 aromatic carbocycles. The van der Waals surface area contributed by atoms with Crippen molar-refractivity contribution in [2.75, 3.05) is 13.1 Å². The van der Waals surface area contributed by atoms with Crippen LogP contribution in [0, 0.1) is 6.92 Å². The van der Waals surface area contributed by atoms with Crippen LogP contribution in [-0.4, -0.2) is 29.1 Å². The lowest BCUT2D eigenvalue weighted by Crippen LogP contribution is -2.35. The molecule has 1 aromatic rings. The summed E-state index contributed by atoms with van der Waals surface area (Å²) in [4.78, 5) is 2.52. The standard InChI is InChI=1S/C18H31NO/c1-5-7-13-19(16(4)6-2)14-12-18(20)17-11-9-8-10-15(17)3/h8-11,16,18,20H,5-7,12-14H2,1-4H3. The first-order valence-electron chi connectivity index (χ1n) is 8.07. The predicted molar refractivity (Wildman–Crippen MR) is 87.0 cm³/mol. The van der Waals surface area contributed by atoms with E-state index in [2.05, 4.69) is 38.7 Å². The first-order chi connectivity index (χ1) is 9.60. The van der Waals surface area contributed by atoms with Gasteiger partial charge in [0.2, 0.25) is 0 Å². The van der Waals surface area contributed by atoms with Crippen LogP contribution in [-0.2, 0) is 0 Å². The van der Waals surface area contributed by atoms with Gasteiger partial charge in [-0.3, -0.25) is 0 Å². The molecule has 0 fully saturated rings. The number of nitrogens with zero attached hydrogens (tertiary/aromatic N) is 1. The maximum Gasteiger partial charge on any atom is 0.0804 e. The molecule has 0 amide bonds. The Hall–Kier alpha value is -0.860. The maximum atomic E-state index is 10.4. The van der Waals surface area contributed by atoms with E-state index in [0.29, 0.717) is 6.04 Å². The van der Waals surface area contributed by atoms with Crippen LogP contribution >= 0.6 is 0 Å². The van der Waals surface area contributed by atoms with Crippen molar-refractivity contribution in [3.05, 3.63) is 35.4 Å². The second-order valence-corrected chi connectivity index (χ2v) is 5.81. The molecule has 0 spiro atoms. The molecule has 0 heterocycles. The third kappa shape index (κ3) is 5.26. The topological polar surface area (TPSA) is 23.5 Å². The molecular weight excluding hydrogens is 246 g/mol. The van der Waals surface area contributed by atoms with Crippen LogP contribution < -0.4 is 0 Å². The molecule has 0 radical (unpaired) electrons. The van der Waals surface area contributed by atoms with Gasteiger partial charge in [0, 0.05) is 12.6 Å². The lowest BCUT2D eigenvalue weighted by atomic mass is 10.0. The lowest BCUT2D eigenvalue weighted by Gasteiger charge is -2.29. The van der Waals surface area contributed by atoms with Crippen molar-refractivity contribution in [1.82, 2.24) is 4.90 Å². The molecule has 2 atom stereocenters. The molecule has 1 N–H and O–H groups in total. The van der Waals surface area contributed by atoms with Gasteiger partial charge in [-0.1, -0.05) is 44.5 Å². The average molecular weight is 277 g/mol. The molecule has 2 unspecified atom stereocenters. The zero-order chi connectivity index (χ0) is 15.0. The highest BCUT2D eigenvalue weighted by Crippen LogP contribution is 2.21. The third-order valence-corrected chi connectivity index (χ3v) is 4.25. The predicted octanol–water partition coefficient (Wildman–Crippen LogP) is 4.32. The highest BCUT2D eigenvalue weighted by atomic mass is 16.3. The Bertz CT molecular complexity index is 377. The van der Waals surface area contributed by atoms with Crippen LogP contribution in [0.3, 0.4) is 0 Å². The van der Waals surface area contributed by atoms with Gasteiger partial charge in [0.05, 0.1) is 6.10 Å². The van der Waals surface area contributed by atoms with E-state index in [1.54, 1.807) is 0 Å². The van der Waals surface area contributed by atoms with Gasteiger partial charge in [-0.05, 0) is 50.8 Å². The highest BCUT2D eigenvalue weighted by Gasteiger charge is 2.15. The summed E-state index contributed by atoms with van der Waals surface area (Å²) in [7, 11) is 0. The fourth-order valence-corrected chi connectivity index (χ4v) is 2.58. The monoisotopic (exact) mass is 277 g/mol. The molecule has 0 saturated carbocycles. The first-order valence-corrected chi connectivity index (χ1v) is 8.07. The van der Waals surface area contributed by atoms with Gasteiger partial charge in [-0.2, -0.15) is 0 Å². The van der Waals surface area contributed by atoms with Crippen molar-refractivity contribution in [1.29, 1.82) is 0 Å². The number of hydrogen-bond acceptors (Lipinski definition) is 2. The van der Waals surface area contributed by atoms with Crippen molar-refractivity contribution in [3.8, 4) is 0 Å². The molecule has 0 aromatic heterocycles. The molecule has 0 bridgehead atoms. The minimum atomic E-state index is -0.343. The zero-order valence-electron chi connectivity index (χ0n) is 13.6. The van der Waals surface area contributed by atoms with Crippen molar-refractivity contribution < 1.29 is 5.11 Å². The van der Waals surface area contributed by atoms with Crippen molar-refractivity contribution >= 4 is 0 Å². The minimum Gasteiger partial charge on any atom is -0.388 e. The maximum absolute atomic E-state index is 10.4. The van der Waals surface area contributed by atoms with Crippen molar-refractivity contribution in [2.24, 2.45) is 0 Å². The number of aliphatic hydroxyl groups is 1. The van der Waals surface area contributed by atoms with E-state index in [-0.39, 0.29) is 6.10 Å². The number of rotatable bonds is 9. The quantitative estimate of drug-likeness (QED) is 0.726. The van der Waals surface area contributed by atoms with Crippen LogP contribution in [0.1, 0.15) is 63.7 Å². The normalized spacial score (nSPS) is 14.5. The van der Waals surface area contributed by atoms with Crippen LogP contribution in [0.5, 0.6) is 0 Å². The third-order valence-electron chi connectivity index (χ3n) is 4.25. The van der Waals surface area contributed by atoms with Gasteiger partial charge in [0.1, 0.15) is 0 Å². The molecule has 0 aliphatic carbocycles. The fraction of sp³-hybridized carbons (Fsp3) is 0.667. The molecule has 0 saturated heterocycles. The van der Waals surface area contributed by atoms with Crippen LogP contribution in [0.2, 0.25) is 0 Å². The number of aliphatic hydroxyl groups excluding tert-OH is 1. The summed E-state index contributed by atoms with van der Waals surface area (Å²) in [5.74, 6) is 0. The summed E-state index contributed by atoms with van der Waals surface area (Å²) in [5.41, 5.74) is 2.26. The van der Waals surface area contributed by atoms with Gasteiger partial charge < -0.3 is 10.0 Å². The molecular formula is C18H31NO. The van der Waals surface area contributed by atoms with Gasteiger partial charge in [0.15, 0.2) is 0 Å². The lowest BCUT2D eigenvalue weighted by molar-refractivity contribution is 0.124. The Morgan fingerprint density at radius 2 is 1.85 bits per heavy atom. The average Bonchev–Trinajstić information content (AvgIpc) is 2.46. The SMILES string of the molecule is CCCCN(CCC(O)c1ccccc1C)C(C)CC. The van der Waals surface area contributed by atoms with Gasteiger partial charge in [-0.25, -0.2) is 0 Å². The van der Waals surface area contributed by atoms with Crippen LogP contribution in [0.25, 0.3) is 0 Å². The van der Waals surface area contributed by atoms with Crippen LogP contribution in [0.4, 0.5) is 0 Å². The first kappa shape index (κ1) is 17.2. The Kier molecular flexibility index (Phi) is 7.86. The number of hydrogen-bond donors (Lipinski definition) is 1. The Morgan fingerprint density at radius 1 is 1.15 bits per heavy atom. The largest absolute Gasteiger partial charge is 0.388 e. The van der Waals surface area contributed by atoms with Gasteiger partial charge >= 0.3 is 0 Å². The summed E-state index contributed by atoms with van der Waals surface area (Å²) < 4.78 is 0. The second-order valence-electron chi connectivity index (χ2n) is 5.81. The van der Waals surface area contributed by atoms with E-state index in [9.17, 15) is 5.11 Å². The van der Waals surface area contributed by atoms with E-state index < -0.39 is 0 Å². The number of aryl methyl sites for hydroxylation is 1. The molecule has 20 heavy (non-hydrogen) atoms. The van der Waals surface area contributed by atoms with Crippen molar-refractivity contribution in [2.45, 2.75) is 65.5 Å². The number of unbranched alkanes of at least 4 members (excludes halogenated alkanes) is 1. The van der Waals surface area contributed by atoms with E-state index in [0.717, 1.165) is 25.1 Å². The molecule has 2 heteroatoms. The number of benzene rings is 1. The molecule has 2 nitrogen and oxygen atoms in total.